The van der Waals surface area contributed by atoms with Crippen molar-refractivity contribution in [2.75, 3.05) is 24.6 Å². The second-order valence-corrected chi connectivity index (χ2v) is 7.42. The van der Waals surface area contributed by atoms with Crippen molar-refractivity contribution < 1.29 is 4.74 Å². The van der Waals surface area contributed by atoms with E-state index in [-0.39, 0.29) is 5.56 Å². The van der Waals surface area contributed by atoms with Gasteiger partial charge >= 0.3 is 0 Å². The zero-order chi connectivity index (χ0) is 20.0. The number of anilines is 1. The van der Waals surface area contributed by atoms with E-state index in [1.807, 2.05) is 61.6 Å². The minimum atomic E-state index is -0.542. The molecule has 0 aliphatic carbocycles. The van der Waals surface area contributed by atoms with Crippen molar-refractivity contribution in [3.8, 4) is 5.69 Å². The molecule has 0 amide bonds. The molecule has 29 heavy (non-hydrogen) atoms. The fourth-order valence-electron chi connectivity index (χ4n) is 3.73. The van der Waals surface area contributed by atoms with Crippen LogP contribution < -0.4 is 10.5 Å². The van der Waals surface area contributed by atoms with E-state index in [2.05, 4.69) is 15.2 Å². The molecule has 1 aliphatic heterocycles. The van der Waals surface area contributed by atoms with Gasteiger partial charge in [0.15, 0.2) is 5.65 Å². The van der Waals surface area contributed by atoms with E-state index in [1.54, 1.807) is 15.6 Å². The smallest absolute Gasteiger partial charge is 0.263 e. The number of benzene rings is 1. The van der Waals surface area contributed by atoms with Crippen LogP contribution in [0, 0.1) is 0 Å². The van der Waals surface area contributed by atoms with Gasteiger partial charge in [-0.2, -0.15) is 15.2 Å². The van der Waals surface area contributed by atoms with Crippen molar-refractivity contribution in [1.29, 1.82) is 0 Å². The van der Waals surface area contributed by atoms with Gasteiger partial charge in [-0.3, -0.25) is 14.5 Å². The van der Waals surface area contributed by atoms with Gasteiger partial charge in [0, 0.05) is 25.4 Å². The average Bonchev–Trinajstić information content (AvgIpc) is 3.36. The molecule has 4 heterocycles. The standard InChI is InChI=1S/C20H21N7O2/c1-20(14-10-21-25(2)12-14)13-26(8-9-29-20)19-23-17-16(18(28)24-19)11-22-27(17)15-6-4-3-5-7-15/h3-7,10-12H,8-9,13H2,1-2H3,(H,23,24,28). The molecular formula is C20H21N7O2. The lowest BCUT2D eigenvalue weighted by Crippen LogP contribution is -2.49. The van der Waals surface area contributed by atoms with Gasteiger partial charge in [-0.25, -0.2) is 4.68 Å². The molecule has 9 nitrogen and oxygen atoms in total. The minimum absolute atomic E-state index is 0.207. The number of fused-ring (bicyclic) bond motifs is 1. The number of hydrogen-bond donors (Lipinski definition) is 1. The molecule has 0 spiro atoms. The summed E-state index contributed by atoms with van der Waals surface area (Å²) in [5, 5.41) is 9.09. The highest BCUT2D eigenvalue weighted by atomic mass is 16.5. The number of ether oxygens (including phenoxy) is 1. The quantitative estimate of drug-likeness (QED) is 0.570. The molecule has 0 bridgehead atoms. The second kappa shape index (κ2) is 6.56. The molecule has 1 fully saturated rings. The number of nitrogens with zero attached hydrogens (tertiary/aromatic N) is 6. The lowest BCUT2D eigenvalue weighted by molar-refractivity contribution is -0.0470. The summed E-state index contributed by atoms with van der Waals surface area (Å²) >= 11 is 0. The fourth-order valence-corrected chi connectivity index (χ4v) is 3.73. The number of hydrogen-bond acceptors (Lipinski definition) is 6. The van der Waals surface area contributed by atoms with Gasteiger partial charge in [-0.05, 0) is 19.1 Å². The molecule has 1 unspecified atom stereocenters. The summed E-state index contributed by atoms with van der Waals surface area (Å²) in [6, 6.07) is 9.66. The molecule has 148 valence electrons. The van der Waals surface area contributed by atoms with Crippen molar-refractivity contribution in [2.45, 2.75) is 12.5 Å². The van der Waals surface area contributed by atoms with E-state index in [1.165, 1.54) is 0 Å². The van der Waals surface area contributed by atoms with Crippen LogP contribution in [0.15, 0.2) is 53.7 Å². The van der Waals surface area contributed by atoms with Crippen LogP contribution in [-0.2, 0) is 17.4 Å². The van der Waals surface area contributed by atoms with Crippen LogP contribution in [0.2, 0.25) is 0 Å². The number of para-hydroxylation sites is 1. The molecule has 1 saturated heterocycles. The Balaban J connectivity index is 1.55. The summed E-state index contributed by atoms with van der Waals surface area (Å²) in [6.07, 6.45) is 5.32. The molecule has 3 aromatic heterocycles. The van der Waals surface area contributed by atoms with Gasteiger partial charge in [0.05, 0.1) is 31.2 Å². The van der Waals surface area contributed by atoms with Crippen molar-refractivity contribution in [2.24, 2.45) is 7.05 Å². The fraction of sp³-hybridized carbons (Fsp3) is 0.300. The summed E-state index contributed by atoms with van der Waals surface area (Å²) in [7, 11) is 1.88. The predicted molar refractivity (Wildman–Crippen MR) is 108 cm³/mol. The lowest BCUT2D eigenvalue weighted by Gasteiger charge is -2.40. The maximum Gasteiger partial charge on any atom is 0.263 e. The molecule has 0 radical (unpaired) electrons. The number of aryl methyl sites for hydroxylation is 1. The van der Waals surface area contributed by atoms with Gasteiger partial charge in [0.2, 0.25) is 5.95 Å². The highest BCUT2D eigenvalue weighted by molar-refractivity contribution is 5.76. The van der Waals surface area contributed by atoms with Gasteiger partial charge in [0.1, 0.15) is 11.0 Å². The van der Waals surface area contributed by atoms with Crippen LogP contribution in [0.4, 0.5) is 5.95 Å². The van der Waals surface area contributed by atoms with E-state index in [9.17, 15) is 4.79 Å². The highest BCUT2D eigenvalue weighted by Crippen LogP contribution is 2.30. The summed E-state index contributed by atoms with van der Waals surface area (Å²) in [6.45, 7) is 3.72. The number of H-pyrrole nitrogens is 1. The Hall–Kier alpha value is -3.46. The van der Waals surface area contributed by atoms with Gasteiger partial charge < -0.3 is 9.64 Å². The summed E-state index contributed by atoms with van der Waals surface area (Å²) in [5.74, 6) is 0.513. The zero-order valence-electron chi connectivity index (χ0n) is 16.2. The van der Waals surface area contributed by atoms with E-state index in [4.69, 9.17) is 9.72 Å². The zero-order valence-corrected chi connectivity index (χ0v) is 16.2. The summed E-state index contributed by atoms with van der Waals surface area (Å²) in [4.78, 5) is 22.4. The third-order valence-corrected chi connectivity index (χ3v) is 5.32. The van der Waals surface area contributed by atoms with E-state index in [0.29, 0.717) is 36.7 Å². The van der Waals surface area contributed by atoms with Crippen LogP contribution in [0.1, 0.15) is 12.5 Å². The first-order valence-electron chi connectivity index (χ1n) is 9.45. The number of rotatable bonds is 3. The van der Waals surface area contributed by atoms with E-state index >= 15 is 0 Å². The van der Waals surface area contributed by atoms with Gasteiger partial charge in [0.25, 0.3) is 5.56 Å². The normalized spacial score (nSPS) is 19.7. The topological polar surface area (TPSA) is 93.9 Å². The number of nitrogens with one attached hydrogen (secondary N) is 1. The molecule has 0 saturated carbocycles. The number of morpholine rings is 1. The molecule has 4 aromatic rings. The Labute approximate surface area is 166 Å². The van der Waals surface area contributed by atoms with Crippen LogP contribution >= 0.6 is 0 Å². The third kappa shape index (κ3) is 2.99. The molecule has 1 aliphatic rings. The van der Waals surface area contributed by atoms with Crippen molar-refractivity contribution in [1.82, 2.24) is 29.5 Å². The second-order valence-electron chi connectivity index (χ2n) is 7.42. The molecule has 1 atom stereocenters. The van der Waals surface area contributed by atoms with Gasteiger partial charge in [-0.15, -0.1) is 0 Å². The molecule has 1 N–H and O–H groups in total. The van der Waals surface area contributed by atoms with Crippen LogP contribution in [0.5, 0.6) is 0 Å². The van der Waals surface area contributed by atoms with Crippen LogP contribution in [-0.4, -0.2) is 49.2 Å². The van der Waals surface area contributed by atoms with Crippen LogP contribution in [0.3, 0.4) is 0 Å². The Morgan fingerprint density at radius 2 is 2.00 bits per heavy atom. The summed E-state index contributed by atoms with van der Waals surface area (Å²) < 4.78 is 9.53. The summed E-state index contributed by atoms with van der Waals surface area (Å²) in [5.41, 5.74) is 1.63. The average molecular weight is 391 g/mol. The first kappa shape index (κ1) is 17.6. The lowest BCUT2D eigenvalue weighted by atomic mass is 9.97. The Kier molecular flexibility index (Phi) is 3.99. The minimum Gasteiger partial charge on any atom is -0.367 e. The van der Waals surface area contributed by atoms with Crippen molar-refractivity contribution in [3.05, 3.63) is 64.8 Å². The Morgan fingerprint density at radius 1 is 1.17 bits per heavy atom. The highest BCUT2D eigenvalue weighted by Gasteiger charge is 2.36. The van der Waals surface area contributed by atoms with Gasteiger partial charge in [-0.1, -0.05) is 18.2 Å². The van der Waals surface area contributed by atoms with Crippen molar-refractivity contribution in [3.63, 3.8) is 0 Å². The molecule has 9 heteroatoms. The maximum absolute atomic E-state index is 12.7. The third-order valence-electron chi connectivity index (χ3n) is 5.32. The van der Waals surface area contributed by atoms with Crippen molar-refractivity contribution >= 4 is 17.0 Å². The first-order chi connectivity index (χ1) is 14.0. The monoisotopic (exact) mass is 391 g/mol. The van der Waals surface area contributed by atoms with E-state index in [0.717, 1.165) is 11.3 Å². The number of aromatic nitrogens is 6. The molecular weight excluding hydrogens is 370 g/mol. The Bertz CT molecular complexity index is 1230. The molecule has 5 rings (SSSR count). The van der Waals surface area contributed by atoms with E-state index < -0.39 is 5.60 Å². The predicted octanol–water partition coefficient (Wildman–Crippen LogP) is 1.59. The first-order valence-corrected chi connectivity index (χ1v) is 9.45. The largest absolute Gasteiger partial charge is 0.367 e. The number of aromatic amines is 1. The maximum atomic E-state index is 12.7. The Morgan fingerprint density at radius 3 is 2.76 bits per heavy atom. The molecule has 1 aromatic carbocycles. The SMILES string of the molecule is Cn1cc(C2(C)CN(c3nc4c(cnn4-c4ccccc4)c(=O)[nH]3)CCO2)cn1. The van der Waals surface area contributed by atoms with Crippen LogP contribution in [0.25, 0.3) is 16.7 Å².